The molecule has 2 aliphatic heterocycles. The summed E-state index contributed by atoms with van der Waals surface area (Å²) in [5.74, 6) is 1.16. The second kappa shape index (κ2) is 4.98. The van der Waals surface area contributed by atoms with Crippen LogP contribution in [0.4, 0.5) is 0 Å². The maximum absolute atomic E-state index is 11.4. The van der Waals surface area contributed by atoms with E-state index >= 15 is 0 Å². The molecule has 2 rings (SSSR count). The van der Waals surface area contributed by atoms with Crippen LogP contribution in [0, 0.1) is 11.8 Å². The van der Waals surface area contributed by atoms with Crippen LogP contribution in [-0.4, -0.2) is 35.3 Å². The van der Waals surface area contributed by atoms with Gasteiger partial charge in [0.25, 0.3) is 0 Å². The molecule has 0 aliphatic carbocycles. The van der Waals surface area contributed by atoms with Crippen molar-refractivity contribution >= 4 is 17.3 Å². The van der Waals surface area contributed by atoms with Crippen molar-refractivity contribution < 1.29 is 4.79 Å². The van der Waals surface area contributed by atoms with Gasteiger partial charge in [-0.1, -0.05) is 13.8 Å². The molecule has 2 aliphatic rings. The first-order valence-electron chi connectivity index (χ1n) is 6.46. The topological polar surface area (TPSA) is 45.0 Å². The van der Waals surface area contributed by atoms with Crippen molar-refractivity contribution in [1.29, 1.82) is 0 Å². The maximum Gasteiger partial charge on any atom is 0.219 e. The Balaban J connectivity index is 2.07. The Morgan fingerprint density at radius 3 is 2.76 bits per heavy atom. The average Bonchev–Trinajstić information content (AvgIpc) is 2.50. The molecule has 1 fully saturated rings. The molecule has 1 amide bonds. The molecule has 0 radical (unpaired) electrons. The molecule has 4 heteroatoms. The van der Waals surface area contributed by atoms with Crippen molar-refractivity contribution in [2.45, 2.75) is 40.0 Å². The third-order valence-corrected chi connectivity index (χ3v) is 3.73. The molecule has 0 spiro atoms. The fourth-order valence-corrected chi connectivity index (χ4v) is 2.48. The minimum Gasteiger partial charge on any atom is -0.343 e. The summed E-state index contributed by atoms with van der Waals surface area (Å²) < 4.78 is 0. The summed E-state index contributed by atoms with van der Waals surface area (Å²) in [5.41, 5.74) is 2.40. The summed E-state index contributed by atoms with van der Waals surface area (Å²) >= 11 is 0. The fourth-order valence-electron chi connectivity index (χ4n) is 2.48. The quantitative estimate of drug-likeness (QED) is 0.686. The van der Waals surface area contributed by atoms with Crippen molar-refractivity contribution in [3.8, 4) is 0 Å². The number of carbonyl (C=O) groups excluding carboxylic acids is 1. The normalized spacial score (nSPS) is 24.9. The Hall–Kier alpha value is -1.19. The molecule has 4 nitrogen and oxygen atoms in total. The van der Waals surface area contributed by atoms with Crippen LogP contribution in [0.1, 0.15) is 40.0 Å². The number of amides is 1. The highest BCUT2D eigenvalue weighted by molar-refractivity contribution is 5.97. The van der Waals surface area contributed by atoms with E-state index in [2.05, 4.69) is 24.1 Å². The summed E-state index contributed by atoms with van der Waals surface area (Å²) in [6.45, 7) is 7.64. The van der Waals surface area contributed by atoms with E-state index in [0.29, 0.717) is 11.8 Å². The second-order valence-corrected chi connectivity index (χ2v) is 5.28. The molecule has 1 saturated heterocycles. The lowest BCUT2D eigenvalue weighted by atomic mass is 9.88. The second-order valence-electron chi connectivity index (χ2n) is 5.28. The molecule has 0 N–H and O–H groups in total. The van der Waals surface area contributed by atoms with Crippen molar-refractivity contribution in [2.24, 2.45) is 22.0 Å². The number of carbonyl (C=O) groups is 1. The Bertz CT molecular complexity index is 371. The lowest BCUT2D eigenvalue weighted by Gasteiger charge is -2.22. The van der Waals surface area contributed by atoms with E-state index in [1.807, 2.05) is 4.90 Å². The molecule has 17 heavy (non-hydrogen) atoms. The standard InChI is InChI=1S/C13H21N3O/c1-9(2)13-8-11-4-6-16(10(3)17)7-5-12(11)14-15-13/h9,11H,4-8H2,1-3H3. The van der Waals surface area contributed by atoms with Gasteiger partial charge in [-0.05, 0) is 18.8 Å². The molecule has 0 aromatic rings. The van der Waals surface area contributed by atoms with Gasteiger partial charge in [-0.25, -0.2) is 0 Å². The Morgan fingerprint density at radius 2 is 2.12 bits per heavy atom. The van der Waals surface area contributed by atoms with Crippen LogP contribution in [-0.2, 0) is 4.79 Å². The molecule has 0 aromatic heterocycles. The SMILES string of the molecule is CC(=O)N1CCC2=NN=C(C(C)C)CC2CC1. The zero-order valence-corrected chi connectivity index (χ0v) is 10.9. The summed E-state index contributed by atoms with van der Waals surface area (Å²) in [6, 6.07) is 0. The van der Waals surface area contributed by atoms with Crippen molar-refractivity contribution in [1.82, 2.24) is 4.90 Å². The van der Waals surface area contributed by atoms with Gasteiger partial charge >= 0.3 is 0 Å². The first-order valence-corrected chi connectivity index (χ1v) is 6.46. The zero-order chi connectivity index (χ0) is 12.4. The third-order valence-electron chi connectivity index (χ3n) is 3.73. The van der Waals surface area contributed by atoms with Crippen LogP contribution in [0.5, 0.6) is 0 Å². The molecule has 0 aromatic carbocycles. The van der Waals surface area contributed by atoms with E-state index in [-0.39, 0.29) is 5.91 Å². The van der Waals surface area contributed by atoms with Crippen LogP contribution < -0.4 is 0 Å². The summed E-state index contributed by atoms with van der Waals surface area (Å²) in [5, 5.41) is 8.70. The fraction of sp³-hybridized carbons (Fsp3) is 0.769. The lowest BCUT2D eigenvalue weighted by Crippen LogP contribution is -2.29. The van der Waals surface area contributed by atoms with Gasteiger partial charge in [0, 0.05) is 43.8 Å². The number of likely N-dealkylation sites (tertiary alicyclic amines) is 1. The number of nitrogens with zero attached hydrogens (tertiary/aromatic N) is 3. The van der Waals surface area contributed by atoms with Crippen molar-refractivity contribution in [3.05, 3.63) is 0 Å². The van der Waals surface area contributed by atoms with Gasteiger partial charge in [-0.15, -0.1) is 0 Å². The highest BCUT2D eigenvalue weighted by Crippen LogP contribution is 2.25. The number of rotatable bonds is 1. The van der Waals surface area contributed by atoms with Gasteiger partial charge in [-0.3, -0.25) is 4.79 Å². The monoisotopic (exact) mass is 235 g/mol. The number of hydrogen-bond donors (Lipinski definition) is 0. The van der Waals surface area contributed by atoms with Crippen LogP contribution in [0.25, 0.3) is 0 Å². The van der Waals surface area contributed by atoms with Gasteiger partial charge < -0.3 is 4.90 Å². The third kappa shape index (κ3) is 2.73. The highest BCUT2D eigenvalue weighted by atomic mass is 16.2. The first-order chi connectivity index (χ1) is 8.08. The van der Waals surface area contributed by atoms with E-state index in [0.717, 1.165) is 32.4 Å². The number of fused-ring (bicyclic) bond motifs is 1. The maximum atomic E-state index is 11.4. The van der Waals surface area contributed by atoms with Crippen LogP contribution >= 0.6 is 0 Å². The van der Waals surface area contributed by atoms with E-state index in [4.69, 9.17) is 0 Å². The molecule has 94 valence electrons. The molecule has 0 saturated carbocycles. The Labute approximate surface area is 103 Å². The Kier molecular flexibility index (Phi) is 3.60. The van der Waals surface area contributed by atoms with E-state index in [9.17, 15) is 4.79 Å². The molecule has 0 bridgehead atoms. The molecule has 1 unspecified atom stereocenters. The summed E-state index contributed by atoms with van der Waals surface area (Å²) in [4.78, 5) is 13.3. The number of hydrogen-bond acceptors (Lipinski definition) is 3. The average molecular weight is 235 g/mol. The largest absolute Gasteiger partial charge is 0.343 e. The summed E-state index contributed by atoms with van der Waals surface area (Å²) in [6.07, 6.45) is 2.95. The van der Waals surface area contributed by atoms with E-state index < -0.39 is 0 Å². The van der Waals surface area contributed by atoms with Crippen molar-refractivity contribution in [2.75, 3.05) is 13.1 Å². The van der Waals surface area contributed by atoms with E-state index in [1.165, 1.54) is 11.4 Å². The first kappa shape index (κ1) is 12.3. The summed E-state index contributed by atoms with van der Waals surface area (Å²) in [7, 11) is 0. The molecular weight excluding hydrogens is 214 g/mol. The highest BCUT2D eigenvalue weighted by Gasteiger charge is 2.27. The predicted octanol–water partition coefficient (Wildman–Crippen LogP) is 2.10. The van der Waals surface area contributed by atoms with Gasteiger partial charge in [0.15, 0.2) is 0 Å². The van der Waals surface area contributed by atoms with Gasteiger partial charge in [0.05, 0.1) is 0 Å². The van der Waals surface area contributed by atoms with Gasteiger partial charge in [0.1, 0.15) is 0 Å². The van der Waals surface area contributed by atoms with Crippen LogP contribution in [0.2, 0.25) is 0 Å². The minimum absolute atomic E-state index is 0.175. The zero-order valence-electron chi connectivity index (χ0n) is 10.9. The molecule has 1 atom stereocenters. The molecule has 2 heterocycles. The van der Waals surface area contributed by atoms with Crippen LogP contribution in [0.3, 0.4) is 0 Å². The Morgan fingerprint density at radius 1 is 1.35 bits per heavy atom. The van der Waals surface area contributed by atoms with Gasteiger partial charge in [-0.2, -0.15) is 10.2 Å². The van der Waals surface area contributed by atoms with Crippen LogP contribution in [0.15, 0.2) is 10.2 Å². The predicted molar refractivity (Wildman–Crippen MR) is 69.3 cm³/mol. The lowest BCUT2D eigenvalue weighted by molar-refractivity contribution is -0.128. The van der Waals surface area contributed by atoms with Crippen molar-refractivity contribution in [3.63, 3.8) is 0 Å². The van der Waals surface area contributed by atoms with E-state index in [1.54, 1.807) is 6.92 Å². The van der Waals surface area contributed by atoms with Gasteiger partial charge in [0.2, 0.25) is 5.91 Å². The smallest absolute Gasteiger partial charge is 0.219 e. The minimum atomic E-state index is 0.175. The molecular formula is C13H21N3O.